The van der Waals surface area contributed by atoms with Crippen LogP contribution in [0.25, 0.3) is 0 Å². The van der Waals surface area contributed by atoms with E-state index in [1.165, 1.54) is 0 Å². The molecule has 4 heteroatoms. The van der Waals surface area contributed by atoms with E-state index in [1.54, 1.807) is 0 Å². The van der Waals surface area contributed by atoms with Crippen molar-refractivity contribution in [3.8, 4) is 0 Å². The molecule has 4 nitrogen and oxygen atoms in total. The van der Waals surface area contributed by atoms with Gasteiger partial charge in [0.1, 0.15) is 5.60 Å². The Hall–Kier alpha value is -2.59. The first-order valence-corrected chi connectivity index (χ1v) is 9.65. The molecule has 0 saturated heterocycles. The maximum Gasteiger partial charge on any atom is 0.407 e. The highest BCUT2D eigenvalue weighted by atomic mass is 16.6. The van der Waals surface area contributed by atoms with E-state index < -0.39 is 23.8 Å². The molecule has 0 bridgehead atoms. The molecular weight excluding hydrogens is 350 g/mol. The molecule has 0 fully saturated rings. The quantitative estimate of drug-likeness (QED) is 0.653. The van der Waals surface area contributed by atoms with E-state index >= 15 is 0 Å². The third-order valence-electron chi connectivity index (χ3n) is 4.26. The van der Waals surface area contributed by atoms with Gasteiger partial charge >= 0.3 is 6.09 Å². The molecule has 2 rings (SSSR count). The fraction of sp³-hybridized carbons (Fsp3) is 0.375. The topological polar surface area (TPSA) is 58.6 Å². The Labute approximate surface area is 168 Å². The molecular formula is C24H31NO3. The Morgan fingerprint density at radius 3 is 2.11 bits per heavy atom. The molecule has 0 spiro atoms. The lowest BCUT2D eigenvalue weighted by Crippen LogP contribution is -2.46. The second kappa shape index (κ2) is 10.1. The maximum absolute atomic E-state index is 12.3. The van der Waals surface area contributed by atoms with Gasteiger partial charge in [0.25, 0.3) is 0 Å². The highest BCUT2D eigenvalue weighted by Crippen LogP contribution is 2.17. The largest absolute Gasteiger partial charge is 0.444 e. The molecule has 0 aromatic heterocycles. The van der Waals surface area contributed by atoms with Gasteiger partial charge in [0, 0.05) is 0 Å². The van der Waals surface area contributed by atoms with E-state index in [2.05, 4.69) is 11.9 Å². The fourth-order valence-electron chi connectivity index (χ4n) is 3.00. The number of carbonyl (C=O) groups is 1. The zero-order valence-corrected chi connectivity index (χ0v) is 17.0. The second-order valence-corrected chi connectivity index (χ2v) is 8.13. The highest BCUT2D eigenvalue weighted by molar-refractivity contribution is 5.68. The number of benzene rings is 2. The minimum absolute atomic E-state index is 0.405. The Bertz CT molecular complexity index is 750. The van der Waals surface area contributed by atoms with Crippen LogP contribution in [-0.2, 0) is 17.6 Å². The summed E-state index contributed by atoms with van der Waals surface area (Å²) in [6.45, 7) is 9.56. The first-order chi connectivity index (χ1) is 13.2. The Morgan fingerprint density at radius 1 is 1.04 bits per heavy atom. The highest BCUT2D eigenvalue weighted by Gasteiger charge is 2.25. The van der Waals surface area contributed by atoms with Crippen molar-refractivity contribution in [1.82, 2.24) is 5.32 Å². The summed E-state index contributed by atoms with van der Waals surface area (Å²) in [5.74, 6) is 0. The molecule has 0 heterocycles. The van der Waals surface area contributed by atoms with Gasteiger partial charge in [-0.25, -0.2) is 4.79 Å². The SMILES string of the molecule is C=C(Cc1ccccc1)C[C@H](O)[C@H](Cc1ccccc1)NC(=O)OC(C)(C)C. The van der Waals surface area contributed by atoms with Gasteiger partial charge in [-0.3, -0.25) is 0 Å². The van der Waals surface area contributed by atoms with Gasteiger partial charge in [-0.1, -0.05) is 72.8 Å². The van der Waals surface area contributed by atoms with E-state index in [4.69, 9.17) is 4.74 Å². The van der Waals surface area contributed by atoms with Gasteiger partial charge in [0.2, 0.25) is 0 Å². The number of aliphatic hydroxyl groups is 1. The average Bonchev–Trinajstić information content (AvgIpc) is 2.61. The smallest absolute Gasteiger partial charge is 0.407 e. The molecule has 150 valence electrons. The predicted octanol–water partition coefficient (Wildman–Crippen LogP) is 4.67. The van der Waals surface area contributed by atoms with Crippen LogP contribution >= 0.6 is 0 Å². The first-order valence-electron chi connectivity index (χ1n) is 9.65. The number of alkyl carbamates (subject to hydrolysis) is 1. The van der Waals surface area contributed by atoms with Crippen LogP contribution in [0.3, 0.4) is 0 Å². The molecule has 0 aliphatic carbocycles. The number of amides is 1. The summed E-state index contributed by atoms with van der Waals surface area (Å²) in [7, 11) is 0. The Morgan fingerprint density at radius 2 is 1.57 bits per heavy atom. The van der Waals surface area contributed by atoms with Crippen molar-refractivity contribution in [3.63, 3.8) is 0 Å². The summed E-state index contributed by atoms with van der Waals surface area (Å²) in [6.07, 6.45) is 0.329. The molecule has 1 amide bonds. The summed E-state index contributed by atoms with van der Waals surface area (Å²) in [5.41, 5.74) is 2.52. The van der Waals surface area contributed by atoms with Crippen LogP contribution in [0.1, 0.15) is 38.3 Å². The molecule has 2 aromatic rings. The van der Waals surface area contributed by atoms with Crippen LogP contribution < -0.4 is 5.32 Å². The Kier molecular flexibility index (Phi) is 7.82. The van der Waals surface area contributed by atoms with E-state index in [9.17, 15) is 9.90 Å². The van der Waals surface area contributed by atoms with E-state index in [0.29, 0.717) is 19.3 Å². The minimum Gasteiger partial charge on any atom is -0.444 e. The van der Waals surface area contributed by atoms with E-state index in [-0.39, 0.29) is 0 Å². The first kappa shape index (κ1) is 21.7. The number of hydrogen-bond acceptors (Lipinski definition) is 3. The standard InChI is InChI=1S/C24H31NO3/c1-18(15-19-11-7-5-8-12-19)16-22(26)21(17-20-13-9-6-10-14-20)25-23(27)28-24(2,3)4/h5-14,21-22,26H,1,15-17H2,2-4H3,(H,25,27)/t21-,22-/m0/s1. The summed E-state index contributed by atoms with van der Waals surface area (Å²) in [5, 5.41) is 13.7. The summed E-state index contributed by atoms with van der Waals surface area (Å²) >= 11 is 0. The van der Waals surface area contributed by atoms with Crippen molar-refractivity contribution < 1.29 is 14.6 Å². The van der Waals surface area contributed by atoms with Crippen LogP contribution in [-0.4, -0.2) is 28.9 Å². The van der Waals surface area contributed by atoms with Crippen molar-refractivity contribution >= 4 is 6.09 Å². The van der Waals surface area contributed by atoms with Gasteiger partial charge in [0.05, 0.1) is 12.1 Å². The minimum atomic E-state index is -0.760. The van der Waals surface area contributed by atoms with Crippen LogP contribution in [0.5, 0.6) is 0 Å². The van der Waals surface area contributed by atoms with Crippen LogP contribution in [0.4, 0.5) is 4.79 Å². The van der Waals surface area contributed by atoms with Gasteiger partial charge in [-0.2, -0.15) is 0 Å². The third kappa shape index (κ3) is 7.97. The molecule has 0 radical (unpaired) electrons. The van der Waals surface area contributed by atoms with Crippen molar-refractivity contribution in [1.29, 1.82) is 0 Å². The second-order valence-electron chi connectivity index (χ2n) is 8.13. The van der Waals surface area contributed by atoms with Crippen molar-refractivity contribution in [3.05, 3.63) is 83.9 Å². The molecule has 2 aromatic carbocycles. The lowest BCUT2D eigenvalue weighted by Gasteiger charge is -2.27. The van der Waals surface area contributed by atoms with Gasteiger partial charge in [0.15, 0.2) is 0 Å². The van der Waals surface area contributed by atoms with Crippen LogP contribution in [0.15, 0.2) is 72.8 Å². The maximum atomic E-state index is 12.3. The lowest BCUT2D eigenvalue weighted by atomic mass is 9.94. The number of carbonyl (C=O) groups excluding carboxylic acids is 1. The lowest BCUT2D eigenvalue weighted by molar-refractivity contribution is 0.0422. The molecule has 28 heavy (non-hydrogen) atoms. The fourth-order valence-corrected chi connectivity index (χ4v) is 3.00. The van der Waals surface area contributed by atoms with E-state index in [1.807, 2.05) is 81.4 Å². The van der Waals surface area contributed by atoms with Crippen molar-refractivity contribution in [2.45, 2.75) is 57.8 Å². The van der Waals surface area contributed by atoms with Crippen LogP contribution in [0.2, 0.25) is 0 Å². The molecule has 0 saturated carbocycles. The van der Waals surface area contributed by atoms with Gasteiger partial charge in [-0.05, 0) is 51.2 Å². The number of nitrogens with one attached hydrogen (secondary N) is 1. The number of hydrogen-bond donors (Lipinski definition) is 2. The molecule has 0 aliphatic rings. The monoisotopic (exact) mass is 381 g/mol. The van der Waals surface area contributed by atoms with Crippen molar-refractivity contribution in [2.24, 2.45) is 0 Å². The molecule has 0 unspecified atom stereocenters. The zero-order valence-electron chi connectivity index (χ0n) is 17.0. The number of rotatable bonds is 8. The van der Waals surface area contributed by atoms with Crippen molar-refractivity contribution in [2.75, 3.05) is 0 Å². The number of aliphatic hydroxyl groups excluding tert-OH is 1. The summed E-state index contributed by atoms with van der Waals surface area (Å²) in [6, 6.07) is 19.4. The average molecular weight is 382 g/mol. The van der Waals surface area contributed by atoms with Crippen LogP contribution in [0, 0.1) is 0 Å². The molecule has 0 aliphatic heterocycles. The zero-order chi connectivity index (χ0) is 20.6. The number of ether oxygens (including phenoxy) is 1. The van der Waals surface area contributed by atoms with Gasteiger partial charge < -0.3 is 15.2 Å². The normalized spacial score (nSPS) is 13.4. The van der Waals surface area contributed by atoms with E-state index in [0.717, 1.165) is 16.7 Å². The Balaban J connectivity index is 2.03. The third-order valence-corrected chi connectivity index (χ3v) is 4.26. The molecule has 2 atom stereocenters. The summed E-state index contributed by atoms with van der Waals surface area (Å²) < 4.78 is 5.37. The van der Waals surface area contributed by atoms with Gasteiger partial charge in [-0.15, -0.1) is 0 Å². The summed E-state index contributed by atoms with van der Waals surface area (Å²) in [4.78, 5) is 12.3. The molecule has 2 N–H and O–H groups in total. The predicted molar refractivity (Wildman–Crippen MR) is 113 cm³/mol.